The van der Waals surface area contributed by atoms with Crippen molar-refractivity contribution in [3.05, 3.63) is 0 Å². The predicted molar refractivity (Wildman–Crippen MR) is 76.7 cm³/mol. The van der Waals surface area contributed by atoms with Crippen LogP contribution < -0.4 is 0 Å². The Balaban J connectivity index is 2.59. The molecule has 0 unspecified atom stereocenters. The molecule has 6 heteroatoms. The molecule has 1 aliphatic rings. The fourth-order valence-electron chi connectivity index (χ4n) is 2.02. The number of thioether (sulfide) groups is 1. The standard InChI is InChI=1S/C12H23NO3S2/c1-5-13(10-6-7-18(15,16)9-10)11(14)8-17-12(2,3)4/h10H,5-9H2,1-4H3/t10-/m1/s1. The van der Waals surface area contributed by atoms with Gasteiger partial charge in [0.1, 0.15) is 0 Å². The van der Waals surface area contributed by atoms with Gasteiger partial charge in [0, 0.05) is 17.3 Å². The zero-order valence-electron chi connectivity index (χ0n) is 11.6. The van der Waals surface area contributed by atoms with Crippen LogP contribution in [-0.4, -0.2) is 53.8 Å². The second-order valence-corrected chi connectivity index (χ2v) is 9.67. The van der Waals surface area contributed by atoms with E-state index in [2.05, 4.69) is 20.8 Å². The van der Waals surface area contributed by atoms with Crippen molar-refractivity contribution in [2.75, 3.05) is 23.8 Å². The van der Waals surface area contributed by atoms with E-state index >= 15 is 0 Å². The van der Waals surface area contributed by atoms with Crippen LogP contribution >= 0.6 is 11.8 Å². The molecule has 1 heterocycles. The molecule has 0 spiro atoms. The molecular formula is C12H23NO3S2. The molecule has 0 radical (unpaired) electrons. The zero-order valence-corrected chi connectivity index (χ0v) is 13.2. The Hall–Kier alpha value is -0.230. The fraction of sp³-hybridized carbons (Fsp3) is 0.917. The summed E-state index contributed by atoms with van der Waals surface area (Å²) in [7, 11) is -2.93. The Bertz CT molecular complexity index is 398. The highest BCUT2D eigenvalue weighted by Gasteiger charge is 2.34. The summed E-state index contributed by atoms with van der Waals surface area (Å²) in [6, 6.07) is -0.118. The maximum atomic E-state index is 12.1. The van der Waals surface area contributed by atoms with Crippen LogP contribution in [-0.2, 0) is 14.6 Å². The van der Waals surface area contributed by atoms with E-state index in [9.17, 15) is 13.2 Å². The third kappa shape index (κ3) is 4.80. The summed E-state index contributed by atoms with van der Waals surface area (Å²) in [6.07, 6.45) is 0.585. The molecule has 0 aromatic carbocycles. The lowest BCUT2D eigenvalue weighted by Crippen LogP contribution is -2.42. The number of nitrogens with zero attached hydrogens (tertiary/aromatic N) is 1. The van der Waals surface area contributed by atoms with Gasteiger partial charge in [-0.3, -0.25) is 4.79 Å². The largest absolute Gasteiger partial charge is 0.338 e. The van der Waals surface area contributed by atoms with Gasteiger partial charge in [-0.25, -0.2) is 8.42 Å². The van der Waals surface area contributed by atoms with Crippen molar-refractivity contribution in [1.82, 2.24) is 4.90 Å². The molecule has 1 aliphatic heterocycles. The topological polar surface area (TPSA) is 54.5 Å². The highest BCUT2D eigenvalue weighted by atomic mass is 32.2. The Morgan fingerprint density at radius 1 is 1.39 bits per heavy atom. The number of carbonyl (C=O) groups excluding carboxylic acids is 1. The van der Waals surface area contributed by atoms with Crippen molar-refractivity contribution in [1.29, 1.82) is 0 Å². The molecule has 0 N–H and O–H groups in total. The van der Waals surface area contributed by atoms with E-state index in [0.29, 0.717) is 18.7 Å². The predicted octanol–water partition coefficient (Wildman–Crippen LogP) is 1.55. The van der Waals surface area contributed by atoms with Crippen LogP contribution in [0.25, 0.3) is 0 Å². The van der Waals surface area contributed by atoms with Crippen molar-refractivity contribution in [3.63, 3.8) is 0 Å². The Labute approximate surface area is 114 Å². The van der Waals surface area contributed by atoms with Gasteiger partial charge in [-0.2, -0.15) is 0 Å². The third-order valence-corrected chi connectivity index (χ3v) is 5.95. The average molecular weight is 293 g/mol. The first-order chi connectivity index (χ1) is 8.14. The SMILES string of the molecule is CCN(C(=O)CSC(C)(C)C)[C@@H]1CCS(=O)(=O)C1. The van der Waals surface area contributed by atoms with Crippen molar-refractivity contribution in [2.45, 2.75) is 44.9 Å². The molecule has 1 rings (SSSR count). The number of rotatable bonds is 4. The first-order valence-corrected chi connectivity index (χ1v) is 9.09. The minimum absolute atomic E-state index is 0.0524. The second kappa shape index (κ2) is 5.82. The first-order valence-electron chi connectivity index (χ1n) is 6.28. The molecule has 1 atom stereocenters. The van der Waals surface area contributed by atoms with Crippen LogP contribution in [0.4, 0.5) is 0 Å². The monoisotopic (exact) mass is 293 g/mol. The molecule has 106 valence electrons. The van der Waals surface area contributed by atoms with E-state index in [1.165, 1.54) is 0 Å². The van der Waals surface area contributed by atoms with Gasteiger partial charge in [0.2, 0.25) is 5.91 Å². The van der Waals surface area contributed by atoms with Crippen molar-refractivity contribution in [2.24, 2.45) is 0 Å². The van der Waals surface area contributed by atoms with Crippen LogP contribution in [0.5, 0.6) is 0 Å². The van der Waals surface area contributed by atoms with Gasteiger partial charge in [0.15, 0.2) is 9.84 Å². The third-order valence-electron chi connectivity index (χ3n) is 2.94. The van der Waals surface area contributed by atoms with E-state index in [1.54, 1.807) is 16.7 Å². The van der Waals surface area contributed by atoms with E-state index in [4.69, 9.17) is 0 Å². The van der Waals surface area contributed by atoms with Crippen LogP contribution in [0.1, 0.15) is 34.1 Å². The average Bonchev–Trinajstić information content (AvgIpc) is 2.56. The van der Waals surface area contributed by atoms with Gasteiger partial charge < -0.3 is 4.90 Å². The summed E-state index contributed by atoms with van der Waals surface area (Å²) in [5, 5.41) is 0. The molecular weight excluding hydrogens is 270 g/mol. The maximum absolute atomic E-state index is 12.1. The van der Waals surface area contributed by atoms with Gasteiger partial charge in [0.05, 0.1) is 17.3 Å². The second-order valence-electron chi connectivity index (χ2n) is 5.64. The van der Waals surface area contributed by atoms with Crippen molar-refractivity contribution in [3.8, 4) is 0 Å². The fourth-order valence-corrected chi connectivity index (χ4v) is 4.47. The van der Waals surface area contributed by atoms with E-state index in [-0.39, 0.29) is 28.2 Å². The van der Waals surface area contributed by atoms with Gasteiger partial charge in [-0.05, 0) is 13.3 Å². The molecule has 0 aromatic rings. The Morgan fingerprint density at radius 3 is 2.39 bits per heavy atom. The molecule has 0 aromatic heterocycles. The number of sulfone groups is 1. The minimum Gasteiger partial charge on any atom is -0.338 e. The minimum atomic E-state index is -2.93. The summed E-state index contributed by atoms with van der Waals surface area (Å²) in [5.74, 6) is 0.827. The normalized spacial score (nSPS) is 23.0. The number of hydrogen-bond donors (Lipinski definition) is 0. The smallest absolute Gasteiger partial charge is 0.232 e. The summed E-state index contributed by atoms with van der Waals surface area (Å²) < 4.78 is 23.0. The van der Waals surface area contributed by atoms with Gasteiger partial charge in [-0.15, -0.1) is 11.8 Å². The lowest BCUT2D eigenvalue weighted by Gasteiger charge is -2.28. The molecule has 0 bridgehead atoms. The van der Waals surface area contributed by atoms with Crippen LogP contribution in [0.15, 0.2) is 0 Å². The first kappa shape index (κ1) is 15.8. The molecule has 18 heavy (non-hydrogen) atoms. The lowest BCUT2D eigenvalue weighted by atomic mass is 10.2. The van der Waals surface area contributed by atoms with E-state index in [0.717, 1.165) is 0 Å². The maximum Gasteiger partial charge on any atom is 0.232 e. The highest BCUT2D eigenvalue weighted by molar-refractivity contribution is 8.01. The van der Waals surface area contributed by atoms with Gasteiger partial charge in [0.25, 0.3) is 0 Å². The van der Waals surface area contributed by atoms with Gasteiger partial charge in [-0.1, -0.05) is 20.8 Å². The Morgan fingerprint density at radius 2 is 2.00 bits per heavy atom. The van der Waals surface area contributed by atoms with Crippen LogP contribution in [0.2, 0.25) is 0 Å². The number of amides is 1. The molecule has 4 nitrogen and oxygen atoms in total. The molecule has 0 saturated carbocycles. The summed E-state index contributed by atoms with van der Waals surface area (Å²) in [5.41, 5.74) is 0. The molecule has 1 fully saturated rings. The Kier molecular flexibility index (Phi) is 5.12. The molecule has 0 aliphatic carbocycles. The summed E-state index contributed by atoms with van der Waals surface area (Å²) in [4.78, 5) is 13.9. The number of hydrogen-bond acceptors (Lipinski definition) is 4. The lowest BCUT2D eigenvalue weighted by molar-refractivity contribution is -0.129. The van der Waals surface area contributed by atoms with E-state index in [1.807, 2.05) is 6.92 Å². The molecule has 1 amide bonds. The van der Waals surface area contributed by atoms with Crippen LogP contribution in [0, 0.1) is 0 Å². The quantitative estimate of drug-likeness (QED) is 0.789. The number of carbonyl (C=O) groups is 1. The van der Waals surface area contributed by atoms with Gasteiger partial charge >= 0.3 is 0 Å². The summed E-state index contributed by atoms with van der Waals surface area (Å²) in [6.45, 7) is 8.71. The highest BCUT2D eigenvalue weighted by Crippen LogP contribution is 2.25. The van der Waals surface area contributed by atoms with Crippen molar-refractivity contribution >= 4 is 27.5 Å². The van der Waals surface area contributed by atoms with E-state index < -0.39 is 9.84 Å². The summed E-state index contributed by atoms with van der Waals surface area (Å²) >= 11 is 1.60. The molecule has 1 saturated heterocycles. The van der Waals surface area contributed by atoms with Crippen molar-refractivity contribution < 1.29 is 13.2 Å². The van der Waals surface area contributed by atoms with Crippen LogP contribution in [0.3, 0.4) is 0 Å². The zero-order chi connectivity index (χ0) is 14.0.